The molecule has 0 saturated carbocycles. The van der Waals surface area contributed by atoms with E-state index in [9.17, 15) is 22.0 Å². The number of anilines is 1. The lowest BCUT2D eigenvalue weighted by atomic mass is 10.2. The molecular formula is C28H23ClF2N2O4S. The molecule has 0 atom stereocenters. The van der Waals surface area contributed by atoms with Crippen LogP contribution in [0.1, 0.15) is 11.1 Å². The van der Waals surface area contributed by atoms with Crippen molar-refractivity contribution >= 4 is 33.2 Å². The van der Waals surface area contributed by atoms with Crippen molar-refractivity contribution in [1.29, 1.82) is 0 Å². The smallest absolute Gasteiger partial charge is 0.264 e. The first kappa shape index (κ1) is 27.1. The first-order valence-electron chi connectivity index (χ1n) is 11.5. The van der Waals surface area contributed by atoms with Gasteiger partial charge in [0.15, 0.2) is 0 Å². The fraction of sp³-hybridized carbons (Fsp3) is 0.107. The van der Waals surface area contributed by atoms with Crippen LogP contribution in [-0.4, -0.2) is 20.9 Å². The fourth-order valence-corrected chi connectivity index (χ4v) is 5.12. The summed E-state index contributed by atoms with van der Waals surface area (Å²) in [6.45, 7) is -0.131. The highest BCUT2D eigenvalue weighted by Gasteiger charge is 2.27. The van der Waals surface area contributed by atoms with Crippen molar-refractivity contribution < 1.29 is 26.7 Å². The van der Waals surface area contributed by atoms with Gasteiger partial charge in [0.2, 0.25) is 5.91 Å². The van der Waals surface area contributed by atoms with Crippen LogP contribution in [0.4, 0.5) is 14.5 Å². The third-order valence-corrected chi connectivity index (χ3v) is 7.62. The van der Waals surface area contributed by atoms with E-state index in [0.717, 1.165) is 27.6 Å². The molecule has 0 heterocycles. The number of halogens is 3. The van der Waals surface area contributed by atoms with E-state index in [-0.39, 0.29) is 34.6 Å². The second-order valence-corrected chi connectivity index (χ2v) is 10.5. The van der Waals surface area contributed by atoms with Gasteiger partial charge in [-0.05, 0) is 65.7 Å². The molecule has 196 valence electrons. The number of ether oxygens (including phenoxy) is 1. The number of benzene rings is 4. The van der Waals surface area contributed by atoms with Crippen LogP contribution >= 0.6 is 11.6 Å². The Morgan fingerprint density at radius 3 is 2.18 bits per heavy atom. The summed E-state index contributed by atoms with van der Waals surface area (Å²) in [6, 6.07) is 24.1. The fourth-order valence-electron chi connectivity index (χ4n) is 3.51. The van der Waals surface area contributed by atoms with Crippen molar-refractivity contribution in [3.63, 3.8) is 0 Å². The van der Waals surface area contributed by atoms with Gasteiger partial charge in [-0.15, -0.1) is 0 Å². The van der Waals surface area contributed by atoms with Crippen molar-refractivity contribution in [3.8, 4) is 5.75 Å². The van der Waals surface area contributed by atoms with Crippen LogP contribution in [0.15, 0.2) is 102 Å². The van der Waals surface area contributed by atoms with Gasteiger partial charge in [-0.2, -0.15) is 0 Å². The number of hydrogen-bond acceptors (Lipinski definition) is 4. The van der Waals surface area contributed by atoms with Crippen LogP contribution in [0.5, 0.6) is 5.75 Å². The Hall–Kier alpha value is -3.95. The molecule has 1 N–H and O–H groups in total. The van der Waals surface area contributed by atoms with Gasteiger partial charge < -0.3 is 10.1 Å². The Morgan fingerprint density at radius 1 is 0.868 bits per heavy atom. The van der Waals surface area contributed by atoms with Gasteiger partial charge >= 0.3 is 0 Å². The van der Waals surface area contributed by atoms with E-state index in [1.807, 2.05) is 0 Å². The zero-order valence-electron chi connectivity index (χ0n) is 20.0. The molecule has 4 aromatic rings. The summed E-state index contributed by atoms with van der Waals surface area (Å²) in [7, 11) is -4.14. The van der Waals surface area contributed by atoms with Crippen molar-refractivity contribution in [1.82, 2.24) is 5.32 Å². The normalized spacial score (nSPS) is 11.1. The molecule has 0 aromatic heterocycles. The van der Waals surface area contributed by atoms with Crippen molar-refractivity contribution in [3.05, 3.63) is 125 Å². The molecule has 0 unspecified atom stereocenters. The van der Waals surface area contributed by atoms with Gasteiger partial charge in [-0.3, -0.25) is 9.10 Å². The molecule has 0 aliphatic carbocycles. The molecular weight excluding hydrogens is 534 g/mol. The molecule has 0 aliphatic heterocycles. The summed E-state index contributed by atoms with van der Waals surface area (Å²) in [6.07, 6.45) is 0. The highest BCUT2D eigenvalue weighted by atomic mass is 35.5. The number of amides is 1. The van der Waals surface area contributed by atoms with E-state index in [4.69, 9.17) is 16.3 Å². The summed E-state index contributed by atoms with van der Waals surface area (Å²) >= 11 is 5.89. The lowest BCUT2D eigenvalue weighted by molar-refractivity contribution is -0.119. The van der Waals surface area contributed by atoms with Crippen molar-refractivity contribution in [2.24, 2.45) is 0 Å². The number of carbonyl (C=O) groups is 1. The van der Waals surface area contributed by atoms with E-state index in [1.54, 1.807) is 54.6 Å². The quantitative estimate of drug-likeness (QED) is 0.271. The molecule has 38 heavy (non-hydrogen) atoms. The first-order chi connectivity index (χ1) is 18.2. The summed E-state index contributed by atoms with van der Waals surface area (Å²) in [5.41, 5.74) is 1.63. The molecule has 0 radical (unpaired) electrons. The maximum absolute atomic E-state index is 13.7. The second-order valence-electron chi connectivity index (χ2n) is 8.26. The Labute approximate surface area is 224 Å². The first-order valence-corrected chi connectivity index (χ1v) is 13.3. The van der Waals surface area contributed by atoms with Crippen LogP contribution in [0, 0.1) is 11.6 Å². The molecule has 4 aromatic carbocycles. The zero-order chi connectivity index (χ0) is 27.1. The molecule has 10 heteroatoms. The Balaban J connectivity index is 1.41. The monoisotopic (exact) mass is 556 g/mol. The minimum absolute atomic E-state index is 0.0236. The largest absolute Gasteiger partial charge is 0.489 e. The average molecular weight is 557 g/mol. The second kappa shape index (κ2) is 12.1. The number of hydrogen-bond donors (Lipinski definition) is 1. The van der Waals surface area contributed by atoms with Gasteiger partial charge in [0.05, 0.1) is 15.6 Å². The maximum atomic E-state index is 13.7. The number of carbonyl (C=O) groups excluding carboxylic acids is 1. The predicted octanol–water partition coefficient (Wildman–Crippen LogP) is 5.71. The van der Waals surface area contributed by atoms with Gasteiger partial charge in [0.1, 0.15) is 30.5 Å². The van der Waals surface area contributed by atoms with Gasteiger partial charge in [-0.25, -0.2) is 17.2 Å². The Morgan fingerprint density at radius 2 is 1.53 bits per heavy atom. The SMILES string of the molecule is O=C(CN(c1ccc(F)c(Cl)c1)S(=O)(=O)c1ccccc1)NCc1ccc(OCc2ccc(F)cc2)cc1. The highest BCUT2D eigenvalue weighted by molar-refractivity contribution is 7.92. The summed E-state index contributed by atoms with van der Waals surface area (Å²) in [4.78, 5) is 12.8. The van der Waals surface area contributed by atoms with Crippen LogP contribution in [0.2, 0.25) is 5.02 Å². The predicted molar refractivity (Wildman–Crippen MR) is 141 cm³/mol. The molecule has 0 fully saturated rings. The minimum atomic E-state index is -4.14. The van der Waals surface area contributed by atoms with Crippen molar-refractivity contribution in [2.75, 3.05) is 10.8 Å². The van der Waals surface area contributed by atoms with E-state index >= 15 is 0 Å². The van der Waals surface area contributed by atoms with E-state index in [0.29, 0.717) is 5.75 Å². The number of rotatable bonds is 10. The third kappa shape index (κ3) is 6.87. The Bertz CT molecular complexity index is 1500. The van der Waals surface area contributed by atoms with E-state index in [2.05, 4.69) is 5.32 Å². The Kier molecular flexibility index (Phi) is 8.60. The molecule has 0 saturated heterocycles. The van der Waals surface area contributed by atoms with Crippen LogP contribution in [0.3, 0.4) is 0 Å². The molecule has 6 nitrogen and oxygen atoms in total. The zero-order valence-corrected chi connectivity index (χ0v) is 21.6. The summed E-state index contributed by atoms with van der Waals surface area (Å²) < 4.78 is 60.0. The number of nitrogens with one attached hydrogen (secondary N) is 1. The minimum Gasteiger partial charge on any atom is -0.489 e. The topological polar surface area (TPSA) is 75.7 Å². The third-order valence-electron chi connectivity index (χ3n) is 5.54. The van der Waals surface area contributed by atoms with Crippen LogP contribution < -0.4 is 14.4 Å². The molecule has 0 spiro atoms. The van der Waals surface area contributed by atoms with Crippen LogP contribution in [0.25, 0.3) is 0 Å². The lowest BCUT2D eigenvalue weighted by Crippen LogP contribution is -2.40. The summed E-state index contributed by atoms with van der Waals surface area (Å²) in [5, 5.41) is 2.44. The van der Waals surface area contributed by atoms with Gasteiger partial charge in [-0.1, -0.05) is 54.1 Å². The molecule has 4 rings (SSSR count). The molecule has 0 bridgehead atoms. The molecule has 1 amide bonds. The number of nitrogens with zero attached hydrogens (tertiary/aromatic N) is 1. The van der Waals surface area contributed by atoms with E-state index < -0.39 is 28.3 Å². The van der Waals surface area contributed by atoms with Gasteiger partial charge in [0.25, 0.3) is 10.0 Å². The summed E-state index contributed by atoms with van der Waals surface area (Å²) in [5.74, 6) is -0.997. The van der Waals surface area contributed by atoms with E-state index in [1.165, 1.54) is 30.3 Å². The highest BCUT2D eigenvalue weighted by Crippen LogP contribution is 2.27. The van der Waals surface area contributed by atoms with Crippen molar-refractivity contribution in [2.45, 2.75) is 18.0 Å². The maximum Gasteiger partial charge on any atom is 0.264 e. The van der Waals surface area contributed by atoms with Gasteiger partial charge in [0, 0.05) is 6.54 Å². The standard InChI is InChI=1S/C28H23ClF2N2O4S/c29-26-16-23(12-15-27(26)31)33(38(35,36)25-4-2-1-3-5-25)18-28(34)32-17-20-8-13-24(14-9-20)37-19-21-6-10-22(30)11-7-21/h1-16H,17-19H2,(H,32,34). The molecule has 0 aliphatic rings. The average Bonchev–Trinajstić information content (AvgIpc) is 2.93. The number of sulfonamides is 1. The lowest BCUT2D eigenvalue weighted by Gasteiger charge is -2.24. The van der Waals surface area contributed by atoms with Crippen LogP contribution in [-0.2, 0) is 28.0 Å².